The number of nitrogens with one attached hydrogen (secondary N) is 1. The Kier molecular flexibility index (Phi) is 5.31. The van der Waals surface area contributed by atoms with Gasteiger partial charge in [0.1, 0.15) is 11.9 Å². The fourth-order valence-electron chi connectivity index (χ4n) is 2.83. The predicted molar refractivity (Wildman–Crippen MR) is 92.8 cm³/mol. The first-order valence-electron chi connectivity index (χ1n) is 7.96. The van der Waals surface area contributed by atoms with Crippen molar-refractivity contribution in [3.63, 3.8) is 0 Å². The number of benzene rings is 1. The van der Waals surface area contributed by atoms with Crippen LogP contribution < -0.4 is 10.1 Å². The van der Waals surface area contributed by atoms with Gasteiger partial charge in [0.15, 0.2) is 0 Å². The number of nitrogens with zero attached hydrogens (tertiary/aromatic N) is 1. The zero-order chi connectivity index (χ0) is 16.1. The smallest absolute Gasteiger partial charge is 0.225 e. The lowest BCUT2D eigenvalue weighted by atomic mass is 10.2. The summed E-state index contributed by atoms with van der Waals surface area (Å²) in [6, 6.07) is 12.2. The second-order valence-electron chi connectivity index (χ2n) is 5.88. The van der Waals surface area contributed by atoms with Gasteiger partial charge in [0.25, 0.3) is 0 Å². The van der Waals surface area contributed by atoms with Crippen molar-refractivity contribution in [3.8, 4) is 5.75 Å². The number of hydrogen-bond donors (Lipinski definition) is 1. The molecule has 0 bridgehead atoms. The average Bonchev–Trinajstić information content (AvgIpc) is 2.95. The molecule has 1 aromatic carbocycles. The molecule has 1 atom stereocenters. The second-order valence-corrected chi connectivity index (χ2v) is 6.91. The van der Waals surface area contributed by atoms with E-state index >= 15 is 0 Å². The van der Waals surface area contributed by atoms with E-state index in [-0.39, 0.29) is 12.0 Å². The number of carbonyl (C=O) groups excluding carboxylic acids is 1. The van der Waals surface area contributed by atoms with Crippen molar-refractivity contribution in [1.29, 1.82) is 0 Å². The highest BCUT2D eigenvalue weighted by Gasteiger charge is 2.19. The van der Waals surface area contributed by atoms with Crippen LogP contribution in [0.15, 0.2) is 41.8 Å². The van der Waals surface area contributed by atoms with Crippen LogP contribution in [-0.4, -0.2) is 36.5 Å². The first-order valence-corrected chi connectivity index (χ1v) is 8.84. The molecule has 5 heteroatoms. The van der Waals surface area contributed by atoms with Crippen LogP contribution in [0.25, 0.3) is 0 Å². The lowest BCUT2D eigenvalue weighted by Gasteiger charge is -2.21. The van der Waals surface area contributed by atoms with Crippen molar-refractivity contribution >= 4 is 17.2 Å². The molecule has 0 fully saturated rings. The van der Waals surface area contributed by atoms with E-state index in [1.165, 1.54) is 5.56 Å². The molecule has 1 aromatic heterocycles. The second kappa shape index (κ2) is 7.62. The molecule has 0 radical (unpaired) electrons. The number of rotatable bonds is 5. The summed E-state index contributed by atoms with van der Waals surface area (Å²) in [6.07, 6.45) is 0.625. The van der Waals surface area contributed by atoms with Crippen LogP contribution in [0, 0.1) is 0 Å². The summed E-state index contributed by atoms with van der Waals surface area (Å²) in [7, 11) is 0. The molecule has 2 heterocycles. The standard InChI is InChI=1S/C18H22N2O2S/c1-14-12-20(13-15-5-2-3-7-17(15)22-14)9-8-19-18(21)11-16-6-4-10-23-16/h2-7,10,14H,8-9,11-13H2,1H3,(H,19,21)/t14-/m0/s1. The van der Waals surface area contributed by atoms with Crippen LogP contribution in [0.2, 0.25) is 0 Å². The minimum atomic E-state index is 0.0898. The molecule has 1 N–H and O–H groups in total. The van der Waals surface area contributed by atoms with Gasteiger partial charge in [-0.3, -0.25) is 9.69 Å². The number of ether oxygens (including phenoxy) is 1. The van der Waals surface area contributed by atoms with Crippen molar-refractivity contribution < 1.29 is 9.53 Å². The third-order valence-electron chi connectivity index (χ3n) is 3.88. The van der Waals surface area contributed by atoms with Gasteiger partial charge in [0.2, 0.25) is 5.91 Å². The monoisotopic (exact) mass is 330 g/mol. The fraction of sp³-hybridized carbons (Fsp3) is 0.389. The van der Waals surface area contributed by atoms with Crippen molar-refractivity contribution in [2.75, 3.05) is 19.6 Å². The lowest BCUT2D eigenvalue weighted by Crippen LogP contribution is -2.38. The van der Waals surface area contributed by atoms with E-state index in [0.717, 1.165) is 30.3 Å². The van der Waals surface area contributed by atoms with Gasteiger partial charge < -0.3 is 10.1 Å². The van der Waals surface area contributed by atoms with Crippen molar-refractivity contribution in [2.45, 2.75) is 26.0 Å². The van der Waals surface area contributed by atoms with Crippen LogP contribution in [0.5, 0.6) is 5.75 Å². The van der Waals surface area contributed by atoms with Gasteiger partial charge in [0.05, 0.1) is 6.42 Å². The number of amides is 1. The van der Waals surface area contributed by atoms with Gasteiger partial charge in [-0.05, 0) is 24.4 Å². The van der Waals surface area contributed by atoms with E-state index in [4.69, 9.17) is 4.74 Å². The summed E-state index contributed by atoms with van der Waals surface area (Å²) in [5.41, 5.74) is 1.21. The molecule has 2 aromatic rings. The predicted octanol–water partition coefficient (Wildman–Crippen LogP) is 2.69. The van der Waals surface area contributed by atoms with Gasteiger partial charge in [-0.15, -0.1) is 11.3 Å². The van der Waals surface area contributed by atoms with Crippen molar-refractivity contribution in [1.82, 2.24) is 10.2 Å². The first-order chi connectivity index (χ1) is 11.2. The SMILES string of the molecule is C[C@H]1CN(CCNC(=O)Cc2cccs2)Cc2ccccc2O1. The molecule has 3 rings (SSSR count). The minimum absolute atomic E-state index is 0.0898. The highest BCUT2D eigenvalue weighted by molar-refractivity contribution is 7.10. The van der Waals surface area contributed by atoms with E-state index in [2.05, 4.69) is 23.2 Å². The number of fused-ring (bicyclic) bond motifs is 1. The van der Waals surface area contributed by atoms with E-state index in [9.17, 15) is 4.79 Å². The summed E-state index contributed by atoms with van der Waals surface area (Å²) >= 11 is 1.62. The van der Waals surface area contributed by atoms with E-state index in [0.29, 0.717) is 13.0 Å². The first kappa shape index (κ1) is 16.0. The van der Waals surface area contributed by atoms with Gasteiger partial charge in [0, 0.05) is 36.6 Å². The quantitative estimate of drug-likeness (QED) is 0.916. The maximum atomic E-state index is 11.9. The Labute approximate surface area is 141 Å². The topological polar surface area (TPSA) is 41.6 Å². The molecule has 0 saturated heterocycles. The fourth-order valence-corrected chi connectivity index (χ4v) is 3.53. The molecule has 1 aliphatic rings. The Morgan fingerprint density at radius 1 is 1.35 bits per heavy atom. The van der Waals surface area contributed by atoms with E-state index < -0.39 is 0 Å². The number of thiophene rings is 1. The third kappa shape index (κ3) is 4.56. The molecule has 0 spiro atoms. The number of para-hydroxylation sites is 1. The Bertz CT molecular complexity index is 642. The summed E-state index contributed by atoms with van der Waals surface area (Å²) in [5.74, 6) is 1.07. The normalized spacial score (nSPS) is 17.9. The molecule has 0 saturated carbocycles. The van der Waals surface area contributed by atoms with Crippen LogP contribution in [0.1, 0.15) is 17.4 Å². The Balaban J connectivity index is 1.49. The molecule has 1 amide bonds. The molecule has 122 valence electrons. The highest BCUT2D eigenvalue weighted by atomic mass is 32.1. The van der Waals surface area contributed by atoms with Crippen LogP contribution in [0.4, 0.5) is 0 Å². The molecule has 23 heavy (non-hydrogen) atoms. The maximum Gasteiger partial charge on any atom is 0.225 e. The number of carbonyl (C=O) groups is 1. The summed E-state index contributed by atoms with van der Waals surface area (Å²) < 4.78 is 5.96. The lowest BCUT2D eigenvalue weighted by molar-refractivity contribution is -0.120. The van der Waals surface area contributed by atoms with Gasteiger partial charge in [-0.25, -0.2) is 0 Å². The summed E-state index contributed by atoms with van der Waals surface area (Å²) in [5, 5.41) is 5.01. The average molecular weight is 330 g/mol. The Hall–Kier alpha value is -1.85. The van der Waals surface area contributed by atoms with Gasteiger partial charge in [-0.1, -0.05) is 24.3 Å². The molecule has 1 aliphatic heterocycles. The zero-order valence-corrected chi connectivity index (χ0v) is 14.1. The molecule has 4 nitrogen and oxygen atoms in total. The van der Waals surface area contributed by atoms with E-state index in [1.54, 1.807) is 11.3 Å². The molecular weight excluding hydrogens is 308 g/mol. The zero-order valence-electron chi connectivity index (χ0n) is 13.3. The Morgan fingerprint density at radius 2 is 2.22 bits per heavy atom. The largest absolute Gasteiger partial charge is 0.489 e. The van der Waals surface area contributed by atoms with Crippen LogP contribution in [-0.2, 0) is 17.8 Å². The highest BCUT2D eigenvalue weighted by Crippen LogP contribution is 2.24. The van der Waals surface area contributed by atoms with Gasteiger partial charge >= 0.3 is 0 Å². The van der Waals surface area contributed by atoms with E-state index in [1.807, 2.05) is 35.7 Å². The summed E-state index contributed by atoms with van der Waals surface area (Å²) in [4.78, 5) is 15.4. The Morgan fingerprint density at radius 3 is 3.04 bits per heavy atom. The third-order valence-corrected chi connectivity index (χ3v) is 4.75. The molecular formula is C18H22N2O2S. The number of hydrogen-bond acceptors (Lipinski definition) is 4. The molecule has 0 unspecified atom stereocenters. The van der Waals surface area contributed by atoms with Gasteiger partial charge in [-0.2, -0.15) is 0 Å². The summed E-state index contributed by atoms with van der Waals surface area (Å²) in [6.45, 7) is 5.32. The molecule has 0 aliphatic carbocycles. The van der Waals surface area contributed by atoms with Crippen LogP contribution >= 0.6 is 11.3 Å². The van der Waals surface area contributed by atoms with Crippen LogP contribution in [0.3, 0.4) is 0 Å². The minimum Gasteiger partial charge on any atom is -0.489 e. The van der Waals surface area contributed by atoms with Crippen molar-refractivity contribution in [3.05, 3.63) is 52.2 Å². The maximum absolute atomic E-state index is 11.9. The van der Waals surface area contributed by atoms with Crippen molar-refractivity contribution in [2.24, 2.45) is 0 Å².